The highest BCUT2D eigenvalue weighted by Crippen LogP contribution is 2.61. The second-order valence-corrected chi connectivity index (χ2v) is 19.9. The molecule has 342 valence electrons. The summed E-state index contributed by atoms with van der Waals surface area (Å²) >= 11 is 1.18. The molecule has 1 aliphatic rings. The number of fused-ring (bicyclic) bond motifs is 1. The minimum absolute atomic E-state index is 0.00966. The molecule has 2 aromatic heterocycles. The van der Waals surface area contributed by atoms with E-state index in [-0.39, 0.29) is 47.5 Å². The van der Waals surface area contributed by atoms with Crippen molar-refractivity contribution in [2.45, 2.75) is 110 Å². The number of imidazole rings is 1. The fraction of sp³-hybridized carbons (Fsp3) is 0.750. The number of hydrogen-bond acceptors (Lipinski definition) is 18. The van der Waals surface area contributed by atoms with Crippen LogP contribution in [0.2, 0.25) is 0 Å². The molecule has 3 heterocycles. The van der Waals surface area contributed by atoms with E-state index >= 15 is 0 Å². The third-order valence-corrected chi connectivity index (χ3v) is 13.2. The zero-order chi connectivity index (χ0) is 44.9. The molecule has 1 fully saturated rings. The van der Waals surface area contributed by atoms with Crippen LogP contribution in [0, 0.1) is 11.3 Å². The van der Waals surface area contributed by atoms with Gasteiger partial charge in [-0.2, -0.15) is 4.31 Å². The number of anilines is 1. The van der Waals surface area contributed by atoms with Gasteiger partial charge in [0.05, 0.1) is 19.5 Å². The Morgan fingerprint density at radius 2 is 1.68 bits per heavy atom. The van der Waals surface area contributed by atoms with Crippen LogP contribution >= 0.6 is 35.2 Å². The molecule has 2 aromatic rings. The van der Waals surface area contributed by atoms with Crippen molar-refractivity contribution in [3.8, 4) is 0 Å². The normalized spacial score (nSPS) is 21.6. The van der Waals surface area contributed by atoms with Gasteiger partial charge >= 0.3 is 23.5 Å². The molecule has 10 N–H and O–H groups in total. The topological polar surface area (TPSA) is 364 Å². The van der Waals surface area contributed by atoms with Gasteiger partial charge in [0.1, 0.15) is 36.3 Å². The van der Waals surface area contributed by atoms with Gasteiger partial charge in [-0.05, 0) is 12.8 Å². The van der Waals surface area contributed by atoms with E-state index in [1.807, 2.05) is 6.92 Å². The summed E-state index contributed by atoms with van der Waals surface area (Å²) in [6, 6.07) is 0. The van der Waals surface area contributed by atoms with E-state index < -0.39 is 84.6 Å². The number of nitrogens with one attached hydrogen (secondary N) is 2. The lowest BCUT2D eigenvalue weighted by Crippen LogP contribution is -2.46. The zero-order valence-electron chi connectivity index (χ0n) is 33.6. The third kappa shape index (κ3) is 16.4. The number of rotatable bonds is 27. The van der Waals surface area contributed by atoms with Crippen LogP contribution in [0.1, 0.15) is 85.3 Å². The van der Waals surface area contributed by atoms with E-state index in [1.54, 1.807) is 0 Å². The molecule has 3 rings (SSSR count). The molecule has 0 radical (unpaired) electrons. The summed E-state index contributed by atoms with van der Waals surface area (Å²) in [6.07, 6.45) is 0.0487. The Morgan fingerprint density at radius 3 is 2.35 bits per heavy atom. The smallest absolute Gasteiger partial charge is 0.386 e. The molecule has 7 unspecified atom stereocenters. The van der Waals surface area contributed by atoms with E-state index in [0.29, 0.717) is 5.75 Å². The minimum Gasteiger partial charge on any atom is -0.386 e. The quantitative estimate of drug-likeness (QED) is 0.0457. The molecular weight excluding hydrogens is 879 g/mol. The average molecular weight is 936 g/mol. The first-order valence-electron chi connectivity index (χ1n) is 19.1. The van der Waals surface area contributed by atoms with Crippen molar-refractivity contribution < 1.29 is 80.5 Å². The van der Waals surface area contributed by atoms with Crippen LogP contribution in [-0.4, -0.2) is 123 Å². The maximum atomic E-state index is 12.7. The van der Waals surface area contributed by atoms with Crippen LogP contribution in [-0.2, 0) is 50.7 Å². The molecule has 0 saturated carbocycles. The lowest BCUT2D eigenvalue weighted by atomic mass is 9.87. The number of nitrogens with zero attached hydrogens (tertiary/aromatic N) is 4. The number of aromatic nitrogens is 4. The number of aliphatic hydroxyl groups excluding tert-OH is 2. The van der Waals surface area contributed by atoms with Crippen molar-refractivity contribution in [3.05, 3.63) is 12.7 Å². The minimum atomic E-state index is -5.57. The summed E-state index contributed by atoms with van der Waals surface area (Å²) in [5, 5.41) is 26.7. The molecule has 60 heavy (non-hydrogen) atoms. The van der Waals surface area contributed by atoms with E-state index in [4.69, 9.17) is 19.5 Å². The Balaban J connectivity index is 1.45. The highest BCUT2D eigenvalue weighted by molar-refractivity contribution is 8.13. The lowest BCUT2D eigenvalue weighted by molar-refractivity contribution is -0.137. The van der Waals surface area contributed by atoms with Crippen LogP contribution in [0.4, 0.5) is 5.82 Å². The van der Waals surface area contributed by atoms with E-state index in [1.165, 1.54) is 25.6 Å². The van der Waals surface area contributed by atoms with Gasteiger partial charge in [-0.15, -0.1) is 0 Å². The Kier molecular flexibility index (Phi) is 20.2. The number of unbranched alkanes of at least 4 members (excludes halogenated alkanes) is 3. The lowest BCUT2D eigenvalue weighted by Gasteiger charge is -2.30. The molecule has 0 aromatic carbocycles. The first kappa shape index (κ1) is 51.9. The SMILES string of the molecule is CCCCCC[C@@H](CCC)C(=O)SCCNC(=O)CCNC(=O)C(O)C(C)(C)COP(=O)(O)OP(=O)(O)OCC1OC(n2cnc3c(N)ncnc32)C(O)C1OP(=O)(O)O. The molecule has 8 atom stereocenters. The maximum Gasteiger partial charge on any atom is 0.481 e. The number of ether oxygens (including phenoxy) is 1. The molecule has 1 saturated heterocycles. The summed E-state index contributed by atoms with van der Waals surface area (Å²) < 4.78 is 62.3. The number of nitrogens with two attached hydrogens (primary N) is 1. The van der Waals surface area contributed by atoms with Crippen molar-refractivity contribution in [1.29, 1.82) is 0 Å². The molecule has 0 bridgehead atoms. The predicted octanol–water partition coefficient (Wildman–Crippen LogP) is 2.05. The standard InChI is InChI=1S/C32H56N7O17P3S/c1-5-7-8-9-11-20(10-6-2)31(44)60-15-14-34-22(40)12-13-35-29(43)26(42)32(3,4)17-53-59(50,51)56-58(48,49)52-16-21-25(55-57(45,46)47)24(41)30(54-21)39-19-38-23-27(33)36-18-37-28(23)39/h18-21,24-26,30,41-42H,5-17H2,1-4H3,(H,34,40)(H,35,43)(H,48,49)(H,50,51)(H2,33,36,37)(H2,45,46,47)/t20-,21?,24?,25?,26?,30?/m1/s1. The number of hydrogen-bond donors (Lipinski definition) is 9. The van der Waals surface area contributed by atoms with Crippen LogP contribution in [0.5, 0.6) is 0 Å². The van der Waals surface area contributed by atoms with E-state index in [9.17, 15) is 57.9 Å². The van der Waals surface area contributed by atoms with Crippen LogP contribution in [0.3, 0.4) is 0 Å². The maximum absolute atomic E-state index is 12.7. The summed E-state index contributed by atoms with van der Waals surface area (Å²) in [4.78, 5) is 88.7. The van der Waals surface area contributed by atoms with Gasteiger partial charge in [0.15, 0.2) is 22.8 Å². The van der Waals surface area contributed by atoms with Crippen LogP contribution in [0.25, 0.3) is 11.2 Å². The van der Waals surface area contributed by atoms with Gasteiger partial charge < -0.3 is 50.9 Å². The van der Waals surface area contributed by atoms with Gasteiger partial charge in [-0.1, -0.05) is 71.6 Å². The molecule has 28 heteroatoms. The monoisotopic (exact) mass is 935 g/mol. The number of thioether (sulfide) groups is 1. The number of nitrogen functional groups attached to an aromatic ring is 1. The Morgan fingerprint density at radius 1 is 0.983 bits per heavy atom. The Bertz CT molecular complexity index is 1890. The van der Waals surface area contributed by atoms with Gasteiger partial charge in [-0.3, -0.25) is 32.5 Å². The van der Waals surface area contributed by atoms with E-state index in [2.05, 4.69) is 41.3 Å². The van der Waals surface area contributed by atoms with Gasteiger partial charge in [0.25, 0.3) is 0 Å². The van der Waals surface area contributed by atoms with Gasteiger partial charge in [-0.25, -0.2) is 28.6 Å². The number of phosphoric ester groups is 3. The summed E-state index contributed by atoms with van der Waals surface area (Å²) in [5.41, 5.74) is 4.28. The molecule has 24 nitrogen and oxygen atoms in total. The van der Waals surface area contributed by atoms with E-state index in [0.717, 1.165) is 62.2 Å². The summed E-state index contributed by atoms with van der Waals surface area (Å²) in [7, 11) is -16.4. The largest absolute Gasteiger partial charge is 0.481 e. The Labute approximate surface area is 350 Å². The molecular formula is C32H56N7O17P3S. The first-order valence-corrected chi connectivity index (χ1v) is 24.6. The molecule has 1 aliphatic heterocycles. The Hall–Kier alpha value is -2.44. The number of aliphatic hydroxyl groups is 2. The second kappa shape index (κ2) is 23.3. The van der Waals surface area contributed by atoms with Crippen molar-refractivity contribution in [3.63, 3.8) is 0 Å². The number of phosphoric acid groups is 3. The van der Waals surface area contributed by atoms with Gasteiger partial charge in [0.2, 0.25) is 11.8 Å². The fourth-order valence-corrected chi connectivity index (χ4v) is 9.65. The highest BCUT2D eigenvalue weighted by Gasteiger charge is 2.50. The molecule has 0 aliphatic carbocycles. The predicted molar refractivity (Wildman–Crippen MR) is 214 cm³/mol. The molecule has 0 spiro atoms. The molecule has 2 amide bonds. The zero-order valence-corrected chi connectivity index (χ0v) is 37.1. The van der Waals surface area contributed by atoms with Crippen molar-refractivity contribution in [2.24, 2.45) is 11.3 Å². The van der Waals surface area contributed by atoms with Crippen molar-refractivity contribution >= 4 is 69.1 Å². The number of carbonyl (C=O) groups is 3. The fourth-order valence-electron chi connectivity index (χ4n) is 5.95. The number of amides is 2. The second-order valence-electron chi connectivity index (χ2n) is 14.6. The highest BCUT2D eigenvalue weighted by atomic mass is 32.2. The van der Waals surface area contributed by atoms with Crippen LogP contribution in [0.15, 0.2) is 12.7 Å². The van der Waals surface area contributed by atoms with Crippen molar-refractivity contribution in [2.75, 3.05) is 37.8 Å². The van der Waals surface area contributed by atoms with Gasteiger partial charge in [0, 0.05) is 36.6 Å². The number of carbonyl (C=O) groups excluding carboxylic acids is 3. The third-order valence-electron chi connectivity index (χ3n) is 9.12. The summed E-state index contributed by atoms with van der Waals surface area (Å²) in [6.45, 7) is 4.74. The summed E-state index contributed by atoms with van der Waals surface area (Å²) in [5.74, 6) is -1.04. The first-order chi connectivity index (χ1) is 28.0. The average Bonchev–Trinajstić information content (AvgIpc) is 3.72. The van der Waals surface area contributed by atoms with Crippen LogP contribution < -0.4 is 16.4 Å². The van der Waals surface area contributed by atoms with Crippen molar-refractivity contribution in [1.82, 2.24) is 30.2 Å².